The largest absolute Gasteiger partial charge is 0.464 e. The zero-order valence-electron chi connectivity index (χ0n) is 10.6. The fourth-order valence-corrected chi connectivity index (χ4v) is 4.13. The zero-order chi connectivity index (χ0) is 13.9. The Labute approximate surface area is 116 Å². The Morgan fingerprint density at radius 2 is 2.32 bits per heavy atom. The van der Waals surface area contributed by atoms with Gasteiger partial charge in [0.25, 0.3) is 10.0 Å². The van der Waals surface area contributed by atoms with Crippen LogP contribution >= 0.6 is 11.3 Å². The molecule has 0 spiro atoms. The minimum atomic E-state index is -3.68. The number of aromatic nitrogens is 1. The quantitative estimate of drug-likeness (QED) is 0.803. The van der Waals surface area contributed by atoms with Gasteiger partial charge in [0.15, 0.2) is 9.90 Å². The fraction of sp³-hybridized carbons (Fsp3) is 0.636. The third-order valence-electron chi connectivity index (χ3n) is 3.23. The lowest BCUT2D eigenvalue weighted by Crippen LogP contribution is -2.28. The summed E-state index contributed by atoms with van der Waals surface area (Å²) < 4.78 is 31.1. The third kappa shape index (κ3) is 3.31. The van der Waals surface area contributed by atoms with Crippen molar-refractivity contribution < 1.29 is 17.9 Å². The summed E-state index contributed by atoms with van der Waals surface area (Å²) in [5.74, 6) is -0.107. The molecule has 106 valence electrons. The van der Waals surface area contributed by atoms with Crippen molar-refractivity contribution in [2.45, 2.75) is 29.9 Å². The van der Waals surface area contributed by atoms with Crippen molar-refractivity contribution in [1.82, 2.24) is 9.71 Å². The van der Waals surface area contributed by atoms with Crippen LogP contribution in [-0.4, -0.2) is 33.0 Å². The SMILES string of the molecule is COC(=O)c1ncsc1S(=O)(=O)NCCC1CCC1. The van der Waals surface area contributed by atoms with E-state index in [-0.39, 0.29) is 9.90 Å². The summed E-state index contributed by atoms with van der Waals surface area (Å²) in [6, 6.07) is 0. The Bertz CT molecular complexity index is 549. The van der Waals surface area contributed by atoms with Crippen LogP contribution in [0.2, 0.25) is 0 Å². The lowest BCUT2D eigenvalue weighted by atomic mass is 9.83. The van der Waals surface area contributed by atoms with Crippen molar-refractivity contribution in [1.29, 1.82) is 0 Å². The molecular weight excluding hydrogens is 288 g/mol. The average molecular weight is 304 g/mol. The van der Waals surface area contributed by atoms with Crippen molar-refractivity contribution in [2.24, 2.45) is 5.92 Å². The Morgan fingerprint density at radius 3 is 2.89 bits per heavy atom. The Kier molecular flexibility index (Phi) is 4.54. The van der Waals surface area contributed by atoms with Crippen molar-refractivity contribution >= 4 is 27.3 Å². The highest BCUT2D eigenvalue weighted by Gasteiger charge is 2.26. The van der Waals surface area contributed by atoms with Gasteiger partial charge in [0.1, 0.15) is 0 Å². The third-order valence-corrected chi connectivity index (χ3v) is 6.06. The molecule has 1 aliphatic carbocycles. The first-order valence-electron chi connectivity index (χ1n) is 6.06. The van der Waals surface area contributed by atoms with Crippen molar-refractivity contribution in [3.8, 4) is 0 Å². The van der Waals surface area contributed by atoms with Crippen molar-refractivity contribution in [3.63, 3.8) is 0 Å². The lowest BCUT2D eigenvalue weighted by Gasteiger charge is -2.24. The van der Waals surface area contributed by atoms with E-state index in [1.54, 1.807) is 0 Å². The van der Waals surface area contributed by atoms with Gasteiger partial charge < -0.3 is 4.74 Å². The monoisotopic (exact) mass is 304 g/mol. The number of hydrogen-bond acceptors (Lipinski definition) is 6. The fourth-order valence-electron chi connectivity index (χ4n) is 1.90. The second-order valence-corrected chi connectivity index (χ2v) is 7.28. The predicted molar refractivity (Wildman–Crippen MR) is 70.6 cm³/mol. The van der Waals surface area contributed by atoms with E-state index in [2.05, 4.69) is 14.4 Å². The van der Waals surface area contributed by atoms with Crippen LogP contribution in [0.1, 0.15) is 36.2 Å². The van der Waals surface area contributed by atoms with Gasteiger partial charge >= 0.3 is 5.97 Å². The molecule has 1 aromatic rings. The maximum atomic E-state index is 12.1. The van der Waals surface area contributed by atoms with Gasteiger partial charge in [0.2, 0.25) is 0 Å². The van der Waals surface area contributed by atoms with Crippen LogP contribution in [0.5, 0.6) is 0 Å². The Balaban J connectivity index is 2.02. The summed E-state index contributed by atoms with van der Waals surface area (Å²) in [6.45, 7) is 0.394. The molecule has 6 nitrogen and oxygen atoms in total. The first-order valence-corrected chi connectivity index (χ1v) is 8.42. The number of rotatable bonds is 6. The smallest absolute Gasteiger partial charge is 0.358 e. The van der Waals surface area contributed by atoms with E-state index in [0.29, 0.717) is 12.5 Å². The van der Waals surface area contributed by atoms with Gasteiger partial charge in [0.05, 0.1) is 12.6 Å². The standard InChI is InChI=1S/C11H16N2O4S2/c1-17-10(14)9-11(18-7-12-9)19(15,16)13-6-5-8-3-2-4-8/h7-8,13H,2-6H2,1H3. The van der Waals surface area contributed by atoms with Gasteiger partial charge in [-0.05, 0) is 12.3 Å². The number of carbonyl (C=O) groups excluding carboxylic acids is 1. The molecule has 1 saturated carbocycles. The number of nitrogens with one attached hydrogen (secondary N) is 1. The Hall–Kier alpha value is -0.990. The van der Waals surface area contributed by atoms with Crippen molar-refractivity contribution in [3.05, 3.63) is 11.2 Å². The van der Waals surface area contributed by atoms with Crippen LogP contribution in [0, 0.1) is 5.92 Å². The van der Waals surface area contributed by atoms with Crippen LogP contribution in [0.3, 0.4) is 0 Å². The molecule has 0 atom stereocenters. The summed E-state index contributed by atoms with van der Waals surface area (Å²) in [4.78, 5) is 15.2. The molecular formula is C11H16N2O4S2. The molecule has 0 radical (unpaired) electrons. The van der Waals surface area contributed by atoms with Crippen LogP contribution in [0.15, 0.2) is 9.72 Å². The number of nitrogens with zero attached hydrogens (tertiary/aromatic N) is 1. The highest BCUT2D eigenvalue weighted by molar-refractivity contribution is 7.91. The maximum absolute atomic E-state index is 12.1. The summed E-state index contributed by atoms with van der Waals surface area (Å²) in [5, 5.41) is 0. The van der Waals surface area contributed by atoms with Gasteiger partial charge in [-0.15, -0.1) is 11.3 Å². The molecule has 1 N–H and O–H groups in total. The van der Waals surface area contributed by atoms with Gasteiger partial charge in [-0.2, -0.15) is 0 Å². The molecule has 0 unspecified atom stereocenters. The normalized spacial score (nSPS) is 16.1. The number of sulfonamides is 1. The van der Waals surface area contributed by atoms with E-state index in [9.17, 15) is 13.2 Å². The lowest BCUT2D eigenvalue weighted by molar-refractivity contribution is 0.0590. The molecule has 1 heterocycles. The molecule has 8 heteroatoms. The molecule has 0 aliphatic heterocycles. The van der Waals surface area contributed by atoms with Crippen molar-refractivity contribution in [2.75, 3.05) is 13.7 Å². The number of carbonyl (C=O) groups is 1. The molecule has 19 heavy (non-hydrogen) atoms. The highest BCUT2D eigenvalue weighted by atomic mass is 32.2. The second-order valence-electron chi connectivity index (χ2n) is 4.46. The van der Waals surface area contributed by atoms with E-state index in [0.717, 1.165) is 17.8 Å². The van der Waals surface area contributed by atoms with Gasteiger partial charge in [-0.25, -0.2) is 22.9 Å². The maximum Gasteiger partial charge on any atom is 0.358 e. The van der Waals surface area contributed by atoms with E-state index in [4.69, 9.17) is 0 Å². The number of ether oxygens (including phenoxy) is 1. The highest BCUT2D eigenvalue weighted by Crippen LogP contribution is 2.29. The number of esters is 1. The first kappa shape index (κ1) is 14.4. The van der Waals surface area contributed by atoms with Crippen LogP contribution in [0.25, 0.3) is 0 Å². The Morgan fingerprint density at radius 1 is 1.58 bits per heavy atom. The molecule has 0 bridgehead atoms. The summed E-state index contributed by atoms with van der Waals surface area (Å²) in [5.41, 5.74) is 1.18. The molecule has 0 amide bonds. The van der Waals surface area contributed by atoms with Crippen LogP contribution in [-0.2, 0) is 14.8 Å². The summed E-state index contributed by atoms with van der Waals surface area (Å²) in [6.07, 6.45) is 4.43. The van der Waals surface area contributed by atoms with Gasteiger partial charge in [-0.1, -0.05) is 19.3 Å². The van der Waals surface area contributed by atoms with E-state index < -0.39 is 16.0 Å². The first-order chi connectivity index (χ1) is 9.04. The number of thiazole rings is 1. The van der Waals surface area contributed by atoms with E-state index in [1.165, 1.54) is 31.9 Å². The van der Waals surface area contributed by atoms with Gasteiger partial charge in [-0.3, -0.25) is 0 Å². The zero-order valence-corrected chi connectivity index (χ0v) is 12.2. The minimum Gasteiger partial charge on any atom is -0.464 e. The number of methoxy groups -OCH3 is 1. The van der Waals surface area contributed by atoms with E-state index in [1.807, 2.05) is 0 Å². The topological polar surface area (TPSA) is 85.4 Å². The molecule has 1 aliphatic rings. The van der Waals surface area contributed by atoms with Crippen LogP contribution in [0.4, 0.5) is 0 Å². The minimum absolute atomic E-state index is 0.0760. The molecule has 2 rings (SSSR count). The number of hydrogen-bond donors (Lipinski definition) is 1. The molecule has 0 saturated heterocycles. The molecule has 0 aromatic carbocycles. The van der Waals surface area contributed by atoms with E-state index >= 15 is 0 Å². The average Bonchev–Trinajstić information content (AvgIpc) is 2.81. The van der Waals surface area contributed by atoms with Gasteiger partial charge in [0, 0.05) is 6.54 Å². The summed E-state index contributed by atoms with van der Waals surface area (Å²) in [7, 11) is -2.48. The van der Waals surface area contributed by atoms with Crippen LogP contribution < -0.4 is 4.72 Å². The predicted octanol–water partition coefficient (Wildman–Crippen LogP) is 1.40. The molecule has 1 aromatic heterocycles. The summed E-state index contributed by atoms with van der Waals surface area (Å²) >= 11 is 0.916. The second kappa shape index (κ2) is 5.98. The molecule has 1 fully saturated rings.